The molecule has 2 aliphatic rings. The van der Waals surface area contributed by atoms with Crippen LogP contribution in [0, 0.1) is 5.92 Å². The molecule has 3 unspecified atom stereocenters. The molecule has 10 heteroatoms. The van der Waals surface area contributed by atoms with E-state index in [1.807, 2.05) is 0 Å². The van der Waals surface area contributed by atoms with Gasteiger partial charge in [-0.2, -0.15) is 0 Å². The first-order valence-electron chi connectivity index (χ1n) is 9.46. The number of carboxylic acid groups (broad SMARTS) is 1. The molecule has 1 N–H and O–H groups in total. The number of fused-ring (bicyclic) bond motifs is 2. The minimum atomic E-state index is -1.04. The van der Waals surface area contributed by atoms with Crippen molar-refractivity contribution in [1.29, 1.82) is 0 Å². The van der Waals surface area contributed by atoms with E-state index >= 15 is 0 Å². The Balaban J connectivity index is 1.74. The standard InChI is InChI=1S/C18H23N5O5/c1-20-9-19-15-14(20)16(25)22(18(28)21(15)2)8-13(24)23-11-6-4-3-5-10(11)7-12(23)17(26)27/h9-12H,3-8H2,1-2H3,(H,26,27). The summed E-state index contributed by atoms with van der Waals surface area (Å²) in [6.45, 7) is -0.473. The average Bonchev–Trinajstić information content (AvgIpc) is 3.24. The third-order valence-electron chi connectivity index (χ3n) is 6.16. The third-order valence-corrected chi connectivity index (χ3v) is 6.16. The Morgan fingerprint density at radius 3 is 2.64 bits per heavy atom. The number of aromatic nitrogens is 4. The largest absolute Gasteiger partial charge is 0.480 e. The Morgan fingerprint density at radius 2 is 1.93 bits per heavy atom. The number of likely N-dealkylation sites (tertiary alicyclic amines) is 1. The lowest BCUT2D eigenvalue weighted by Crippen LogP contribution is -2.50. The van der Waals surface area contributed by atoms with E-state index in [0.717, 1.165) is 30.3 Å². The van der Waals surface area contributed by atoms with Crippen molar-refractivity contribution in [3.63, 3.8) is 0 Å². The lowest BCUT2D eigenvalue weighted by molar-refractivity contribution is -0.150. The number of nitrogens with zero attached hydrogens (tertiary/aromatic N) is 5. The zero-order chi connectivity index (χ0) is 20.2. The summed E-state index contributed by atoms with van der Waals surface area (Å²) in [4.78, 5) is 55.8. The molecule has 1 aliphatic carbocycles. The normalized spacial score (nSPS) is 24.5. The Kier molecular flexibility index (Phi) is 4.35. The molecular weight excluding hydrogens is 366 g/mol. The van der Waals surface area contributed by atoms with Crippen LogP contribution in [0.5, 0.6) is 0 Å². The number of imidazole rings is 1. The van der Waals surface area contributed by atoms with Gasteiger partial charge in [0.05, 0.1) is 6.33 Å². The summed E-state index contributed by atoms with van der Waals surface area (Å²) in [5.41, 5.74) is -0.770. The first-order chi connectivity index (χ1) is 13.3. The SMILES string of the molecule is Cn1cnc2c1c(=O)n(CC(=O)N1C(C(=O)O)CC3CCCCC31)c(=O)n2C. The van der Waals surface area contributed by atoms with E-state index in [2.05, 4.69) is 4.98 Å². The van der Waals surface area contributed by atoms with Crippen LogP contribution in [0.2, 0.25) is 0 Å². The van der Waals surface area contributed by atoms with Crippen molar-refractivity contribution >= 4 is 23.0 Å². The number of hydrogen-bond donors (Lipinski definition) is 1. The number of carbonyl (C=O) groups excluding carboxylic acids is 1. The van der Waals surface area contributed by atoms with Gasteiger partial charge in [-0.3, -0.25) is 14.2 Å². The maximum Gasteiger partial charge on any atom is 0.332 e. The topological polar surface area (TPSA) is 119 Å². The van der Waals surface area contributed by atoms with Crippen molar-refractivity contribution in [2.24, 2.45) is 20.0 Å². The predicted molar refractivity (Wildman–Crippen MR) is 98.8 cm³/mol. The summed E-state index contributed by atoms with van der Waals surface area (Å²) in [6.07, 6.45) is 5.51. The highest BCUT2D eigenvalue weighted by Crippen LogP contribution is 2.39. The van der Waals surface area contributed by atoms with Crippen LogP contribution in [0.1, 0.15) is 32.1 Å². The highest BCUT2D eigenvalue weighted by atomic mass is 16.4. The van der Waals surface area contributed by atoms with Gasteiger partial charge in [0.1, 0.15) is 12.6 Å². The van der Waals surface area contributed by atoms with Crippen LogP contribution >= 0.6 is 0 Å². The van der Waals surface area contributed by atoms with E-state index < -0.39 is 35.7 Å². The lowest BCUT2D eigenvalue weighted by atomic mass is 9.85. The molecule has 1 amide bonds. The fourth-order valence-corrected chi connectivity index (χ4v) is 4.79. The van der Waals surface area contributed by atoms with Crippen LogP contribution in [0.25, 0.3) is 11.2 Å². The molecule has 2 aromatic heterocycles. The number of aliphatic carboxylic acids is 1. The van der Waals surface area contributed by atoms with Gasteiger partial charge in [-0.1, -0.05) is 12.8 Å². The zero-order valence-electron chi connectivity index (χ0n) is 15.9. The number of rotatable bonds is 3. The molecule has 28 heavy (non-hydrogen) atoms. The summed E-state index contributed by atoms with van der Waals surface area (Å²) >= 11 is 0. The van der Waals surface area contributed by atoms with Crippen LogP contribution in [0.15, 0.2) is 15.9 Å². The van der Waals surface area contributed by atoms with Crippen LogP contribution < -0.4 is 11.2 Å². The van der Waals surface area contributed by atoms with Gasteiger partial charge >= 0.3 is 11.7 Å². The number of amides is 1. The monoisotopic (exact) mass is 389 g/mol. The van der Waals surface area contributed by atoms with Crippen molar-refractivity contribution in [3.05, 3.63) is 27.2 Å². The summed E-state index contributed by atoms with van der Waals surface area (Å²) in [7, 11) is 3.13. The second-order valence-electron chi connectivity index (χ2n) is 7.76. The second-order valence-corrected chi connectivity index (χ2v) is 7.76. The molecule has 1 saturated carbocycles. The number of hydrogen-bond acceptors (Lipinski definition) is 5. The molecule has 10 nitrogen and oxygen atoms in total. The van der Waals surface area contributed by atoms with Crippen LogP contribution in [-0.2, 0) is 30.2 Å². The first-order valence-corrected chi connectivity index (χ1v) is 9.46. The second kappa shape index (κ2) is 6.61. The molecule has 3 atom stereocenters. The predicted octanol–water partition coefficient (Wildman–Crippen LogP) is -0.322. The zero-order valence-corrected chi connectivity index (χ0v) is 15.9. The molecule has 1 saturated heterocycles. The van der Waals surface area contributed by atoms with Crippen molar-refractivity contribution in [3.8, 4) is 0 Å². The molecule has 0 radical (unpaired) electrons. The Hall–Kier alpha value is -2.91. The summed E-state index contributed by atoms with van der Waals surface area (Å²) in [5.74, 6) is -1.37. The fourth-order valence-electron chi connectivity index (χ4n) is 4.79. The van der Waals surface area contributed by atoms with E-state index in [1.165, 1.54) is 27.4 Å². The molecule has 0 aromatic carbocycles. The van der Waals surface area contributed by atoms with Gasteiger partial charge in [0, 0.05) is 20.1 Å². The smallest absolute Gasteiger partial charge is 0.332 e. The van der Waals surface area contributed by atoms with Gasteiger partial charge in [-0.05, 0) is 25.2 Å². The average molecular weight is 389 g/mol. The summed E-state index contributed by atoms with van der Waals surface area (Å²) in [5, 5.41) is 9.61. The first kappa shape index (κ1) is 18.5. The summed E-state index contributed by atoms with van der Waals surface area (Å²) < 4.78 is 3.61. The Labute approximate surface area is 160 Å². The van der Waals surface area contributed by atoms with Crippen LogP contribution in [-0.4, -0.2) is 52.7 Å². The van der Waals surface area contributed by atoms with Gasteiger partial charge in [-0.25, -0.2) is 19.1 Å². The van der Waals surface area contributed by atoms with Gasteiger partial charge in [0.15, 0.2) is 11.2 Å². The van der Waals surface area contributed by atoms with Gasteiger partial charge in [0.25, 0.3) is 5.56 Å². The molecule has 0 spiro atoms. The minimum Gasteiger partial charge on any atom is -0.480 e. The molecule has 1 aliphatic heterocycles. The van der Waals surface area contributed by atoms with E-state index in [1.54, 1.807) is 7.05 Å². The molecular formula is C18H23N5O5. The molecule has 0 bridgehead atoms. The molecule has 2 fully saturated rings. The molecule has 2 aromatic rings. The quantitative estimate of drug-likeness (QED) is 0.768. The van der Waals surface area contributed by atoms with E-state index in [4.69, 9.17) is 0 Å². The summed E-state index contributed by atoms with van der Waals surface area (Å²) in [6, 6.07) is -1.04. The van der Waals surface area contributed by atoms with E-state index in [9.17, 15) is 24.3 Å². The molecule has 3 heterocycles. The minimum absolute atomic E-state index is 0.137. The maximum atomic E-state index is 13.1. The Bertz CT molecular complexity index is 1080. The van der Waals surface area contributed by atoms with Crippen LogP contribution in [0.3, 0.4) is 0 Å². The van der Waals surface area contributed by atoms with Gasteiger partial charge in [0.2, 0.25) is 5.91 Å². The van der Waals surface area contributed by atoms with Crippen LogP contribution in [0.4, 0.5) is 0 Å². The number of carbonyl (C=O) groups is 2. The van der Waals surface area contributed by atoms with Crippen molar-refractivity contribution in [2.45, 2.75) is 50.7 Å². The van der Waals surface area contributed by atoms with E-state index in [0.29, 0.717) is 6.42 Å². The highest BCUT2D eigenvalue weighted by Gasteiger charge is 2.47. The Morgan fingerprint density at radius 1 is 1.21 bits per heavy atom. The highest BCUT2D eigenvalue weighted by molar-refractivity contribution is 5.85. The maximum absolute atomic E-state index is 13.1. The van der Waals surface area contributed by atoms with Crippen molar-refractivity contribution < 1.29 is 14.7 Å². The fraction of sp³-hybridized carbons (Fsp3) is 0.611. The number of carboxylic acids is 1. The van der Waals surface area contributed by atoms with Gasteiger partial charge < -0.3 is 14.6 Å². The third kappa shape index (κ3) is 2.66. The van der Waals surface area contributed by atoms with Crippen molar-refractivity contribution in [2.75, 3.05) is 0 Å². The number of aryl methyl sites for hydroxylation is 2. The van der Waals surface area contributed by atoms with Crippen molar-refractivity contribution in [1.82, 2.24) is 23.6 Å². The van der Waals surface area contributed by atoms with Gasteiger partial charge in [-0.15, -0.1) is 0 Å². The lowest BCUT2D eigenvalue weighted by Gasteiger charge is -2.33. The van der Waals surface area contributed by atoms with E-state index in [-0.39, 0.29) is 23.1 Å². The molecule has 150 valence electrons. The molecule has 4 rings (SSSR count).